The lowest BCUT2D eigenvalue weighted by molar-refractivity contribution is -0.141. The van der Waals surface area contributed by atoms with Crippen molar-refractivity contribution >= 4 is 15.7 Å². The van der Waals surface area contributed by atoms with Crippen LogP contribution in [0.5, 0.6) is 0 Å². The molecule has 2 saturated heterocycles. The van der Waals surface area contributed by atoms with E-state index in [1.54, 1.807) is 0 Å². The number of amides is 1. The smallest absolute Gasteiger partial charge is 0.240 e. The molecule has 5 nitrogen and oxygen atoms in total. The molecule has 0 aliphatic carbocycles. The van der Waals surface area contributed by atoms with Crippen LogP contribution in [0.4, 0.5) is 0 Å². The van der Waals surface area contributed by atoms with Gasteiger partial charge in [-0.25, -0.2) is 8.42 Å². The molecule has 0 aromatic carbocycles. The van der Waals surface area contributed by atoms with Crippen LogP contribution in [-0.2, 0) is 14.6 Å². The van der Waals surface area contributed by atoms with Crippen molar-refractivity contribution in [3.63, 3.8) is 0 Å². The maximum absolute atomic E-state index is 12.5. The van der Waals surface area contributed by atoms with Crippen molar-refractivity contribution in [2.75, 3.05) is 24.6 Å². The Morgan fingerprint density at radius 1 is 1.47 bits per heavy atom. The number of rotatable bonds is 4. The molecular formula is C13H24N2O3S. The molecule has 19 heavy (non-hydrogen) atoms. The third-order valence-electron chi connectivity index (χ3n) is 4.21. The standard InChI is InChI=1S/C13H24N2O3S/c1-3-7-14-11-5-4-8-15(12(11)16)13(2)6-9-19(17,18)10-13/h11,14H,3-10H2,1-2H3. The summed E-state index contributed by atoms with van der Waals surface area (Å²) in [5.74, 6) is 0.409. The minimum atomic E-state index is -2.98. The van der Waals surface area contributed by atoms with Crippen molar-refractivity contribution in [2.45, 2.75) is 51.1 Å². The van der Waals surface area contributed by atoms with Gasteiger partial charge in [0, 0.05) is 6.54 Å². The number of carbonyl (C=O) groups excluding carboxylic acids is 1. The Balaban J connectivity index is 2.09. The summed E-state index contributed by atoms with van der Waals surface area (Å²) in [5.41, 5.74) is -0.498. The van der Waals surface area contributed by atoms with Gasteiger partial charge in [0.25, 0.3) is 0 Å². The first-order chi connectivity index (χ1) is 8.88. The predicted molar refractivity (Wildman–Crippen MR) is 74.7 cm³/mol. The van der Waals surface area contributed by atoms with E-state index in [-0.39, 0.29) is 23.5 Å². The molecule has 2 aliphatic heterocycles. The first kappa shape index (κ1) is 14.8. The van der Waals surface area contributed by atoms with Gasteiger partial charge in [-0.3, -0.25) is 4.79 Å². The average molecular weight is 288 g/mol. The number of carbonyl (C=O) groups is 1. The molecule has 2 fully saturated rings. The van der Waals surface area contributed by atoms with Crippen LogP contribution in [0.25, 0.3) is 0 Å². The number of likely N-dealkylation sites (tertiary alicyclic amines) is 1. The Kier molecular flexibility index (Phi) is 4.20. The molecule has 2 atom stereocenters. The molecule has 2 rings (SSSR count). The highest BCUT2D eigenvalue weighted by Crippen LogP contribution is 2.32. The van der Waals surface area contributed by atoms with Crippen molar-refractivity contribution < 1.29 is 13.2 Å². The highest BCUT2D eigenvalue weighted by atomic mass is 32.2. The number of nitrogens with one attached hydrogen (secondary N) is 1. The summed E-state index contributed by atoms with van der Waals surface area (Å²) in [6.07, 6.45) is 3.37. The van der Waals surface area contributed by atoms with Crippen molar-refractivity contribution in [1.29, 1.82) is 0 Å². The summed E-state index contributed by atoms with van der Waals surface area (Å²) in [4.78, 5) is 14.3. The molecule has 0 saturated carbocycles. The minimum absolute atomic E-state index is 0.0827. The van der Waals surface area contributed by atoms with Gasteiger partial charge < -0.3 is 10.2 Å². The van der Waals surface area contributed by atoms with Crippen molar-refractivity contribution in [2.24, 2.45) is 0 Å². The lowest BCUT2D eigenvalue weighted by Gasteiger charge is -2.43. The topological polar surface area (TPSA) is 66.5 Å². The Bertz CT molecular complexity index is 449. The van der Waals surface area contributed by atoms with Crippen LogP contribution in [-0.4, -0.2) is 55.4 Å². The fourth-order valence-electron chi connectivity index (χ4n) is 3.13. The van der Waals surface area contributed by atoms with Crippen molar-refractivity contribution in [3.8, 4) is 0 Å². The highest BCUT2D eigenvalue weighted by molar-refractivity contribution is 7.91. The maximum Gasteiger partial charge on any atom is 0.240 e. The van der Waals surface area contributed by atoms with E-state index < -0.39 is 15.4 Å². The van der Waals surface area contributed by atoms with Crippen LogP contribution in [0, 0.1) is 0 Å². The van der Waals surface area contributed by atoms with Gasteiger partial charge in [0.1, 0.15) is 0 Å². The van der Waals surface area contributed by atoms with Gasteiger partial charge in [0.2, 0.25) is 5.91 Å². The summed E-state index contributed by atoms with van der Waals surface area (Å²) in [7, 11) is -2.98. The molecule has 0 radical (unpaired) electrons. The summed E-state index contributed by atoms with van der Waals surface area (Å²) in [6.45, 7) is 5.51. The van der Waals surface area contributed by atoms with Crippen LogP contribution in [0.15, 0.2) is 0 Å². The lowest BCUT2D eigenvalue weighted by Crippen LogP contribution is -2.59. The Morgan fingerprint density at radius 2 is 2.21 bits per heavy atom. The van der Waals surface area contributed by atoms with Gasteiger partial charge in [-0.1, -0.05) is 6.92 Å². The first-order valence-electron chi connectivity index (χ1n) is 7.13. The van der Waals surface area contributed by atoms with E-state index in [1.807, 2.05) is 11.8 Å². The molecule has 0 spiro atoms. The number of hydrogen-bond donors (Lipinski definition) is 1. The van der Waals surface area contributed by atoms with Crippen LogP contribution >= 0.6 is 0 Å². The molecule has 2 heterocycles. The lowest BCUT2D eigenvalue weighted by atomic mass is 9.93. The summed E-state index contributed by atoms with van der Waals surface area (Å²) in [5, 5.41) is 3.27. The molecule has 1 amide bonds. The Labute approximate surface area is 115 Å². The fourth-order valence-corrected chi connectivity index (χ4v) is 5.27. The largest absolute Gasteiger partial charge is 0.335 e. The van der Waals surface area contributed by atoms with Crippen LogP contribution in [0.1, 0.15) is 39.5 Å². The van der Waals surface area contributed by atoms with Crippen LogP contribution in [0.3, 0.4) is 0 Å². The van der Waals surface area contributed by atoms with Crippen molar-refractivity contribution in [3.05, 3.63) is 0 Å². The van der Waals surface area contributed by atoms with E-state index in [0.717, 1.165) is 25.8 Å². The van der Waals surface area contributed by atoms with E-state index in [4.69, 9.17) is 0 Å². The second-order valence-corrected chi connectivity index (χ2v) is 8.16. The predicted octanol–water partition coefficient (Wildman–Crippen LogP) is 0.554. The molecule has 1 N–H and O–H groups in total. The molecule has 0 bridgehead atoms. The summed E-state index contributed by atoms with van der Waals surface area (Å²) in [6, 6.07) is -0.131. The average Bonchev–Trinajstić information content (AvgIpc) is 2.63. The van der Waals surface area contributed by atoms with E-state index >= 15 is 0 Å². The van der Waals surface area contributed by atoms with Gasteiger partial charge in [0.05, 0.1) is 23.1 Å². The van der Waals surface area contributed by atoms with E-state index in [1.165, 1.54) is 0 Å². The number of sulfone groups is 1. The number of nitrogens with zero attached hydrogens (tertiary/aromatic N) is 1. The third-order valence-corrected chi connectivity index (χ3v) is 6.10. The number of piperidine rings is 1. The van der Waals surface area contributed by atoms with Gasteiger partial charge in [0.15, 0.2) is 9.84 Å². The molecule has 0 aromatic heterocycles. The van der Waals surface area contributed by atoms with Crippen LogP contribution in [0.2, 0.25) is 0 Å². The second-order valence-electron chi connectivity index (χ2n) is 5.98. The highest BCUT2D eigenvalue weighted by Gasteiger charge is 2.46. The van der Waals surface area contributed by atoms with E-state index in [0.29, 0.717) is 13.0 Å². The minimum Gasteiger partial charge on any atom is -0.335 e. The molecule has 6 heteroatoms. The van der Waals surface area contributed by atoms with E-state index in [2.05, 4.69) is 12.2 Å². The quantitative estimate of drug-likeness (QED) is 0.820. The van der Waals surface area contributed by atoms with E-state index in [9.17, 15) is 13.2 Å². The van der Waals surface area contributed by atoms with Gasteiger partial charge in [-0.15, -0.1) is 0 Å². The first-order valence-corrected chi connectivity index (χ1v) is 8.95. The summed E-state index contributed by atoms with van der Waals surface area (Å²) < 4.78 is 23.4. The normalized spacial score (nSPS) is 34.7. The molecule has 2 aliphatic rings. The molecular weight excluding hydrogens is 264 g/mol. The SMILES string of the molecule is CCCNC1CCCN(C2(C)CCS(=O)(=O)C2)C1=O. The zero-order valence-electron chi connectivity index (χ0n) is 11.8. The van der Waals surface area contributed by atoms with Gasteiger partial charge in [-0.05, 0) is 39.2 Å². The monoisotopic (exact) mass is 288 g/mol. The molecule has 2 unspecified atom stereocenters. The zero-order valence-corrected chi connectivity index (χ0v) is 12.6. The second kappa shape index (κ2) is 5.40. The zero-order chi connectivity index (χ0) is 14.1. The van der Waals surface area contributed by atoms with Crippen LogP contribution < -0.4 is 5.32 Å². The van der Waals surface area contributed by atoms with Gasteiger partial charge in [-0.2, -0.15) is 0 Å². The Morgan fingerprint density at radius 3 is 2.79 bits per heavy atom. The Hall–Kier alpha value is -0.620. The molecule has 0 aromatic rings. The molecule has 110 valence electrons. The van der Waals surface area contributed by atoms with Gasteiger partial charge >= 0.3 is 0 Å². The summed E-state index contributed by atoms with van der Waals surface area (Å²) >= 11 is 0. The number of hydrogen-bond acceptors (Lipinski definition) is 4. The fraction of sp³-hybridized carbons (Fsp3) is 0.923. The van der Waals surface area contributed by atoms with Crippen molar-refractivity contribution in [1.82, 2.24) is 10.2 Å². The maximum atomic E-state index is 12.5. The third kappa shape index (κ3) is 3.11.